The van der Waals surface area contributed by atoms with E-state index in [9.17, 15) is 4.79 Å². The first kappa shape index (κ1) is 24.4. The largest absolute Gasteiger partial charge is 0.493 e. The lowest BCUT2D eigenvalue weighted by Gasteiger charge is -2.14. The minimum atomic E-state index is -0.788. The monoisotopic (exact) mass is 488 g/mol. The summed E-state index contributed by atoms with van der Waals surface area (Å²) in [5.41, 5.74) is 4.03. The van der Waals surface area contributed by atoms with Crippen molar-refractivity contribution >= 4 is 17.3 Å². The van der Waals surface area contributed by atoms with E-state index >= 15 is 0 Å². The Morgan fingerprint density at radius 3 is 2.54 bits per heavy atom. The van der Waals surface area contributed by atoms with Crippen molar-refractivity contribution in [2.45, 2.75) is 39.5 Å². The molecule has 0 aliphatic carbocycles. The summed E-state index contributed by atoms with van der Waals surface area (Å²) < 4.78 is 11.8. The Morgan fingerprint density at radius 2 is 1.86 bits per heavy atom. The Bertz CT molecular complexity index is 1290. The van der Waals surface area contributed by atoms with Gasteiger partial charge in [0, 0.05) is 35.0 Å². The number of aryl methyl sites for hydroxylation is 3. The molecule has 1 atom stereocenters. The number of aromatic nitrogens is 2. The maximum Gasteiger partial charge on any atom is 0.303 e. The highest BCUT2D eigenvalue weighted by Gasteiger charge is 2.17. The number of para-hydroxylation sites is 1. The molecule has 1 N–H and O–H groups in total. The molecule has 0 saturated heterocycles. The predicted molar refractivity (Wildman–Crippen MR) is 138 cm³/mol. The summed E-state index contributed by atoms with van der Waals surface area (Å²) in [6.07, 6.45) is 2.44. The number of carbonyl (C=O) groups is 1. The molecule has 0 bridgehead atoms. The molecule has 0 aliphatic rings. The Balaban J connectivity index is 1.38. The van der Waals surface area contributed by atoms with E-state index in [1.807, 2.05) is 67.6 Å². The van der Waals surface area contributed by atoms with Crippen molar-refractivity contribution < 1.29 is 19.4 Å². The first-order chi connectivity index (χ1) is 16.9. The molecule has 2 aromatic heterocycles. The number of nitrogens with zero attached hydrogens (tertiary/aromatic N) is 2. The second-order valence-electron chi connectivity index (χ2n) is 8.45. The summed E-state index contributed by atoms with van der Waals surface area (Å²) in [6.45, 7) is 6.66. The van der Waals surface area contributed by atoms with Gasteiger partial charge in [0.05, 0.1) is 12.3 Å². The van der Waals surface area contributed by atoms with E-state index in [1.54, 1.807) is 17.5 Å². The van der Waals surface area contributed by atoms with Gasteiger partial charge in [0.25, 0.3) is 0 Å². The molecule has 4 rings (SSSR count). The molecule has 0 radical (unpaired) electrons. The van der Waals surface area contributed by atoms with Crippen molar-refractivity contribution in [2.75, 3.05) is 6.61 Å². The van der Waals surface area contributed by atoms with Crippen LogP contribution in [0.2, 0.25) is 0 Å². The van der Waals surface area contributed by atoms with Crippen molar-refractivity contribution in [1.29, 1.82) is 0 Å². The highest BCUT2D eigenvalue weighted by Crippen LogP contribution is 2.32. The predicted octanol–water partition coefficient (Wildman–Crippen LogP) is 6.81. The van der Waals surface area contributed by atoms with Crippen LogP contribution in [0.4, 0.5) is 0 Å². The zero-order valence-electron chi connectivity index (χ0n) is 20.0. The highest BCUT2D eigenvalue weighted by molar-refractivity contribution is 7.15. The second kappa shape index (κ2) is 11.1. The van der Waals surface area contributed by atoms with Crippen LogP contribution in [0.5, 0.6) is 17.4 Å². The van der Waals surface area contributed by atoms with Gasteiger partial charge in [0.2, 0.25) is 5.88 Å². The fourth-order valence-electron chi connectivity index (χ4n) is 3.75. The first-order valence-electron chi connectivity index (χ1n) is 11.5. The fourth-order valence-corrected chi connectivity index (χ4v) is 4.77. The van der Waals surface area contributed by atoms with Gasteiger partial charge in [0.1, 0.15) is 16.5 Å². The molecule has 0 spiro atoms. The van der Waals surface area contributed by atoms with Crippen LogP contribution in [0.25, 0.3) is 10.6 Å². The van der Waals surface area contributed by atoms with Gasteiger partial charge < -0.3 is 14.6 Å². The van der Waals surface area contributed by atoms with Gasteiger partial charge in [-0.05, 0) is 61.7 Å². The van der Waals surface area contributed by atoms with Crippen LogP contribution in [0.15, 0.2) is 66.9 Å². The van der Waals surface area contributed by atoms with Gasteiger partial charge in [-0.25, -0.2) is 9.97 Å². The van der Waals surface area contributed by atoms with E-state index in [4.69, 9.17) is 19.6 Å². The summed E-state index contributed by atoms with van der Waals surface area (Å²) in [6, 6.07) is 19.2. The molecular formula is C28H28N2O4S. The zero-order chi connectivity index (χ0) is 24.8. The van der Waals surface area contributed by atoms with Crippen LogP contribution in [-0.4, -0.2) is 27.7 Å². The van der Waals surface area contributed by atoms with E-state index in [2.05, 4.69) is 18.8 Å². The lowest BCUT2D eigenvalue weighted by Crippen LogP contribution is -2.09. The Morgan fingerprint density at radius 1 is 1.06 bits per heavy atom. The van der Waals surface area contributed by atoms with Crippen LogP contribution in [0, 0.1) is 13.8 Å². The second-order valence-corrected chi connectivity index (χ2v) is 9.66. The van der Waals surface area contributed by atoms with Gasteiger partial charge in [0.15, 0.2) is 0 Å². The third-order valence-electron chi connectivity index (χ3n) is 5.67. The smallest absolute Gasteiger partial charge is 0.303 e. The molecule has 35 heavy (non-hydrogen) atoms. The van der Waals surface area contributed by atoms with Crippen LogP contribution in [0.3, 0.4) is 0 Å². The van der Waals surface area contributed by atoms with Crippen LogP contribution in [-0.2, 0) is 11.2 Å². The number of thiazole rings is 1. The SMILES string of the molecule is Cc1cc(OCC(C)c2nc(-c3ccc(Oc4ccccc4)nc3)sc2C)ccc1CCC(=O)O. The minimum Gasteiger partial charge on any atom is -0.493 e. The average molecular weight is 489 g/mol. The molecule has 0 saturated carbocycles. The number of hydrogen-bond donors (Lipinski definition) is 1. The lowest BCUT2D eigenvalue weighted by atomic mass is 10.0. The van der Waals surface area contributed by atoms with Crippen molar-refractivity contribution in [3.63, 3.8) is 0 Å². The number of rotatable bonds is 10. The summed E-state index contributed by atoms with van der Waals surface area (Å²) in [5.74, 6) is 1.39. The van der Waals surface area contributed by atoms with Gasteiger partial charge in [-0.15, -0.1) is 11.3 Å². The Labute approximate surface area is 209 Å². The quantitative estimate of drug-likeness (QED) is 0.264. The van der Waals surface area contributed by atoms with E-state index in [0.717, 1.165) is 43.8 Å². The number of aliphatic carboxylic acids is 1. The average Bonchev–Trinajstić information content (AvgIpc) is 3.24. The Hall–Kier alpha value is -3.71. The number of pyridine rings is 1. The molecule has 0 amide bonds. The summed E-state index contributed by atoms with van der Waals surface area (Å²) >= 11 is 1.64. The first-order valence-corrected chi connectivity index (χ1v) is 12.3. The van der Waals surface area contributed by atoms with Crippen LogP contribution in [0.1, 0.15) is 41.0 Å². The van der Waals surface area contributed by atoms with Gasteiger partial charge >= 0.3 is 5.97 Å². The standard InChI is InChI=1S/C28H28N2O4S/c1-18-15-24(12-9-21(18)11-14-26(31)32)33-17-19(2)27-20(3)35-28(30-27)22-10-13-25(29-16-22)34-23-7-5-4-6-8-23/h4-10,12-13,15-16,19H,11,14,17H2,1-3H3,(H,31,32). The number of carboxylic acid groups (broad SMARTS) is 1. The number of carboxylic acids is 1. The van der Waals surface area contributed by atoms with Crippen LogP contribution < -0.4 is 9.47 Å². The summed E-state index contributed by atoms with van der Waals surface area (Å²) in [4.78, 5) is 21.3. The van der Waals surface area contributed by atoms with E-state index in [-0.39, 0.29) is 12.3 Å². The molecule has 180 valence electrons. The Kier molecular flexibility index (Phi) is 7.77. The lowest BCUT2D eigenvalue weighted by molar-refractivity contribution is -0.136. The number of ether oxygens (including phenoxy) is 2. The number of hydrogen-bond acceptors (Lipinski definition) is 6. The van der Waals surface area contributed by atoms with Gasteiger partial charge in [-0.3, -0.25) is 4.79 Å². The van der Waals surface area contributed by atoms with Crippen molar-refractivity contribution in [2.24, 2.45) is 0 Å². The van der Waals surface area contributed by atoms with Gasteiger partial charge in [-0.2, -0.15) is 0 Å². The molecule has 0 aliphatic heterocycles. The van der Waals surface area contributed by atoms with Crippen LogP contribution >= 0.6 is 11.3 Å². The third-order valence-corrected chi connectivity index (χ3v) is 6.71. The third kappa shape index (κ3) is 6.45. The van der Waals surface area contributed by atoms with Crippen molar-refractivity contribution in [3.05, 3.63) is 88.6 Å². The van der Waals surface area contributed by atoms with E-state index in [1.165, 1.54) is 0 Å². The summed E-state index contributed by atoms with van der Waals surface area (Å²) in [5, 5.41) is 9.82. The molecule has 4 aromatic rings. The van der Waals surface area contributed by atoms with Crippen molar-refractivity contribution in [1.82, 2.24) is 9.97 Å². The fraction of sp³-hybridized carbons (Fsp3) is 0.250. The molecule has 2 aromatic carbocycles. The molecular weight excluding hydrogens is 460 g/mol. The summed E-state index contributed by atoms with van der Waals surface area (Å²) in [7, 11) is 0. The topological polar surface area (TPSA) is 81.5 Å². The molecule has 0 fully saturated rings. The van der Waals surface area contributed by atoms with Gasteiger partial charge in [-0.1, -0.05) is 31.2 Å². The van der Waals surface area contributed by atoms with Crippen molar-refractivity contribution in [3.8, 4) is 28.0 Å². The highest BCUT2D eigenvalue weighted by atomic mass is 32.1. The number of benzene rings is 2. The molecule has 6 nitrogen and oxygen atoms in total. The minimum absolute atomic E-state index is 0.112. The molecule has 1 unspecified atom stereocenters. The maximum absolute atomic E-state index is 10.8. The maximum atomic E-state index is 10.8. The molecule has 2 heterocycles. The normalized spacial score (nSPS) is 11.7. The molecule has 7 heteroatoms. The van der Waals surface area contributed by atoms with E-state index < -0.39 is 5.97 Å². The zero-order valence-corrected chi connectivity index (χ0v) is 20.8. The van der Waals surface area contributed by atoms with E-state index in [0.29, 0.717) is 18.9 Å².